The zero-order valence-electron chi connectivity index (χ0n) is 14.1. The van der Waals surface area contributed by atoms with Crippen LogP contribution in [0.5, 0.6) is 0 Å². The van der Waals surface area contributed by atoms with Crippen molar-refractivity contribution < 1.29 is 14.7 Å². The number of aliphatic carboxylic acids is 1. The number of carbonyl (C=O) groups excluding carboxylic acids is 1. The third-order valence-corrected chi connectivity index (χ3v) is 4.08. The van der Waals surface area contributed by atoms with Crippen molar-refractivity contribution in [3.8, 4) is 0 Å². The average Bonchev–Trinajstić information content (AvgIpc) is 2.54. The second kappa shape index (κ2) is 8.29. The number of amides is 1. The maximum absolute atomic E-state index is 12.2. The van der Waals surface area contributed by atoms with Crippen molar-refractivity contribution in [1.82, 2.24) is 0 Å². The molecule has 0 saturated carbocycles. The molecule has 2 aromatic rings. The minimum atomic E-state index is -0.808. The van der Waals surface area contributed by atoms with E-state index in [-0.39, 0.29) is 18.2 Å². The van der Waals surface area contributed by atoms with E-state index in [1.54, 1.807) is 0 Å². The van der Waals surface area contributed by atoms with Crippen molar-refractivity contribution in [2.75, 3.05) is 5.32 Å². The predicted octanol–water partition coefficient (Wildman–Crippen LogP) is 4.14. The monoisotopic (exact) mass is 325 g/mol. The lowest BCUT2D eigenvalue weighted by molar-refractivity contribution is -0.137. The summed E-state index contributed by atoms with van der Waals surface area (Å²) in [6, 6.07) is 15.4. The number of carboxylic acid groups (broad SMARTS) is 1. The van der Waals surface area contributed by atoms with Crippen molar-refractivity contribution in [2.45, 2.75) is 39.0 Å². The largest absolute Gasteiger partial charge is 0.481 e. The fourth-order valence-electron chi connectivity index (χ4n) is 2.75. The summed E-state index contributed by atoms with van der Waals surface area (Å²) in [7, 11) is 0. The highest BCUT2D eigenvalue weighted by molar-refractivity contribution is 5.91. The van der Waals surface area contributed by atoms with Gasteiger partial charge in [0.1, 0.15) is 0 Å². The van der Waals surface area contributed by atoms with Gasteiger partial charge < -0.3 is 10.4 Å². The van der Waals surface area contributed by atoms with Gasteiger partial charge in [-0.3, -0.25) is 9.59 Å². The summed E-state index contributed by atoms with van der Waals surface area (Å²) in [5.74, 6) is -0.678. The third-order valence-electron chi connectivity index (χ3n) is 4.08. The molecule has 2 aromatic carbocycles. The Labute approximate surface area is 142 Å². The van der Waals surface area contributed by atoms with E-state index in [0.29, 0.717) is 12.8 Å². The van der Waals surface area contributed by atoms with E-state index in [4.69, 9.17) is 5.11 Å². The van der Waals surface area contributed by atoms with Crippen molar-refractivity contribution in [3.05, 3.63) is 65.2 Å². The van der Waals surface area contributed by atoms with Crippen molar-refractivity contribution in [3.63, 3.8) is 0 Å². The van der Waals surface area contributed by atoms with Crippen LogP contribution in [0.25, 0.3) is 0 Å². The smallest absolute Gasteiger partial charge is 0.303 e. The number of nitrogens with one attached hydrogen (secondary N) is 1. The molecule has 2 rings (SSSR count). The van der Waals surface area contributed by atoms with Crippen LogP contribution in [0.3, 0.4) is 0 Å². The first kappa shape index (κ1) is 17.7. The molecule has 0 spiro atoms. The molecule has 126 valence electrons. The molecular weight excluding hydrogens is 302 g/mol. The number of benzene rings is 2. The second-order valence-corrected chi connectivity index (χ2v) is 6.10. The number of aryl methyl sites for hydroxylation is 2. The Morgan fingerprint density at radius 3 is 2.38 bits per heavy atom. The molecule has 24 heavy (non-hydrogen) atoms. The first-order valence-electron chi connectivity index (χ1n) is 8.12. The number of carbonyl (C=O) groups is 2. The average molecular weight is 325 g/mol. The van der Waals surface area contributed by atoms with Gasteiger partial charge in [-0.05, 0) is 48.1 Å². The van der Waals surface area contributed by atoms with E-state index in [2.05, 4.69) is 31.3 Å². The molecule has 0 heterocycles. The van der Waals surface area contributed by atoms with Gasteiger partial charge >= 0.3 is 5.97 Å². The molecule has 0 radical (unpaired) electrons. The summed E-state index contributed by atoms with van der Waals surface area (Å²) >= 11 is 0. The molecule has 2 N–H and O–H groups in total. The van der Waals surface area contributed by atoms with Crippen LogP contribution in [0.15, 0.2) is 48.5 Å². The Hall–Kier alpha value is -2.62. The molecule has 0 bridgehead atoms. The molecule has 4 nitrogen and oxygen atoms in total. The van der Waals surface area contributed by atoms with Gasteiger partial charge in [-0.2, -0.15) is 0 Å². The van der Waals surface area contributed by atoms with E-state index in [9.17, 15) is 9.59 Å². The summed E-state index contributed by atoms with van der Waals surface area (Å²) in [5, 5.41) is 11.6. The Bertz CT molecular complexity index is 707. The van der Waals surface area contributed by atoms with Gasteiger partial charge in [0, 0.05) is 18.5 Å². The lowest BCUT2D eigenvalue weighted by atomic mass is 9.93. The number of anilines is 1. The van der Waals surface area contributed by atoms with Crippen molar-refractivity contribution in [1.29, 1.82) is 0 Å². The molecule has 1 atom stereocenters. The maximum atomic E-state index is 12.2. The van der Waals surface area contributed by atoms with Crippen LogP contribution in [-0.4, -0.2) is 17.0 Å². The number of carboxylic acids is 1. The van der Waals surface area contributed by atoms with E-state index >= 15 is 0 Å². The SMILES string of the molecule is Cc1ccccc1C(C)CC(=O)Nc1ccc(CCC(=O)O)cc1. The van der Waals surface area contributed by atoms with Gasteiger partial charge in [-0.15, -0.1) is 0 Å². The Morgan fingerprint density at radius 2 is 1.75 bits per heavy atom. The lowest BCUT2D eigenvalue weighted by Gasteiger charge is -2.14. The van der Waals surface area contributed by atoms with Crippen molar-refractivity contribution in [2.24, 2.45) is 0 Å². The van der Waals surface area contributed by atoms with E-state index in [1.165, 1.54) is 11.1 Å². The van der Waals surface area contributed by atoms with Crippen LogP contribution in [0.4, 0.5) is 5.69 Å². The van der Waals surface area contributed by atoms with Gasteiger partial charge in [0.05, 0.1) is 0 Å². The molecule has 1 amide bonds. The van der Waals surface area contributed by atoms with Gasteiger partial charge in [-0.25, -0.2) is 0 Å². The fraction of sp³-hybridized carbons (Fsp3) is 0.300. The van der Waals surface area contributed by atoms with Gasteiger partial charge in [-0.1, -0.05) is 43.3 Å². The fourth-order valence-corrected chi connectivity index (χ4v) is 2.75. The standard InChI is InChI=1S/C20H23NO3/c1-14-5-3-4-6-18(14)15(2)13-19(22)21-17-10-7-16(8-11-17)9-12-20(23)24/h3-8,10-11,15H,9,12-13H2,1-2H3,(H,21,22)(H,23,24). The second-order valence-electron chi connectivity index (χ2n) is 6.10. The highest BCUT2D eigenvalue weighted by Gasteiger charge is 2.13. The summed E-state index contributed by atoms with van der Waals surface area (Å²) in [4.78, 5) is 22.8. The maximum Gasteiger partial charge on any atom is 0.303 e. The van der Waals surface area contributed by atoms with E-state index in [0.717, 1.165) is 11.3 Å². The number of hydrogen-bond acceptors (Lipinski definition) is 2. The first-order valence-corrected chi connectivity index (χ1v) is 8.12. The normalized spacial score (nSPS) is 11.8. The molecule has 0 aliphatic rings. The summed E-state index contributed by atoms with van der Waals surface area (Å²) in [6.07, 6.45) is 1.03. The zero-order valence-corrected chi connectivity index (χ0v) is 14.1. The van der Waals surface area contributed by atoms with Gasteiger partial charge in [0.25, 0.3) is 0 Å². The van der Waals surface area contributed by atoms with E-state index in [1.807, 2.05) is 36.4 Å². The Balaban J connectivity index is 1.90. The predicted molar refractivity (Wildman–Crippen MR) is 95.2 cm³/mol. The molecule has 0 saturated heterocycles. The number of rotatable bonds is 7. The van der Waals surface area contributed by atoms with Crippen LogP contribution in [0.2, 0.25) is 0 Å². The minimum Gasteiger partial charge on any atom is -0.481 e. The molecule has 0 aromatic heterocycles. The quantitative estimate of drug-likeness (QED) is 0.804. The van der Waals surface area contributed by atoms with Crippen molar-refractivity contribution >= 4 is 17.6 Å². The molecule has 4 heteroatoms. The highest BCUT2D eigenvalue weighted by Crippen LogP contribution is 2.23. The molecule has 0 aliphatic heterocycles. The van der Waals surface area contributed by atoms with Gasteiger partial charge in [0.2, 0.25) is 5.91 Å². The Kier molecular flexibility index (Phi) is 6.13. The van der Waals surface area contributed by atoms with Crippen LogP contribution in [-0.2, 0) is 16.0 Å². The summed E-state index contributed by atoms with van der Waals surface area (Å²) in [6.45, 7) is 4.11. The third kappa shape index (κ3) is 5.23. The summed E-state index contributed by atoms with van der Waals surface area (Å²) < 4.78 is 0. The Morgan fingerprint density at radius 1 is 1.08 bits per heavy atom. The highest BCUT2D eigenvalue weighted by atomic mass is 16.4. The lowest BCUT2D eigenvalue weighted by Crippen LogP contribution is -2.14. The minimum absolute atomic E-state index is 0.0240. The molecule has 0 aliphatic carbocycles. The van der Waals surface area contributed by atoms with Crippen LogP contribution in [0.1, 0.15) is 42.4 Å². The van der Waals surface area contributed by atoms with Gasteiger partial charge in [0.15, 0.2) is 0 Å². The molecule has 0 fully saturated rings. The van der Waals surface area contributed by atoms with Crippen LogP contribution < -0.4 is 5.32 Å². The van der Waals surface area contributed by atoms with Crippen LogP contribution in [0, 0.1) is 6.92 Å². The molecule has 1 unspecified atom stereocenters. The van der Waals surface area contributed by atoms with Crippen LogP contribution >= 0.6 is 0 Å². The zero-order chi connectivity index (χ0) is 17.5. The summed E-state index contributed by atoms with van der Waals surface area (Å²) in [5.41, 5.74) is 4.07. The van der Waals surface area contributed by atoms with E-state index < -0.39 is 5.97 Å². The number of hydrogen-bond donors (Lipinski definition) is 2. The molecular formula is C20H23NO3. The first-order chi connectivity index (χ1) is 11.5. The topological polar surface area (TPSA) is 66.4 Å².